The van der Waals surface area contributed by atoms with Crippen LogP contribution in [0.3, 0.4) is 0 Å². The van der Waals surface area contributed by atoms with Gasteiger partial charge in [0.2, 0.25) is 0 Å². The minimum absolute atomic E-state index is 0.195. The van der Waals surface area contributed by atoms with Crippen LogP contribution in [0, 0.1) is 11.3 Å². The number of nitrogen functional groups attached to an aromatic ring is 1. The quantitative estimate of drug-likeness (QED) is 0.727. The molecular formula is C10H7F3N2. The molecule has 0 radical (unpaired) electrons. The number of nitrogens with zero attached hydrogens (tertiary/aromatic N) is 1. The summed E-state index contributed by atoms with van der Waals surface area (Å²) in [5.74, 6) is 0. The standard InChI is InChI=1S/C10H7F3N2/c1-2-6-3-7(5-14)9(15)8(4-6)10(11,12)13/h2-4H,1,15H2. The Balaban J connectivity index is 3.53. The highest BCUT2D eigenvalue weighted by atomic mass is 19.4. The molecule has 0 saturated carbocycles. The van der Waals surface area contributed by atoms with Gasteiger partial charge in [-0.25, -0.2) is 0 Å². The molecular weight excluding hydrogens is 205 g/mol. The monoisotopic (exact) mass is 212 g/mol. The van der Waals surface area contributed by atoms with Crippen LogP contribution in [-0.4, -0.2) is 0 Å². The summed E-state index contributed by atoms with van der Waals surface area (Å²) in [5, 5.41) is 8.60. The van der Waals surface area contributed by atoms with E-state index in [1.807, 2.05) is 0 Å². The average Bonchev–Trinajstić information content (AvgIpc) is 2.16. The van der Waals surface area contributed by atoms with E-state index < -0.39 is 17.4 Å². The largest absolute Gasteiger partial charge is 0.418 e. The molecule has 0 aliphatic carbocycles. The maximum Gasteiger partial charge on any atom is 0.418 e. The van der Waals surface area contributed by atoms with Crippen molar-refractivity contribution in [2.45, 2.75) is 6.18 Å². The first-order valence-corrected chi connectivity index (χ1v) is 3.93. The molecule has 15 heavy (non-hydrogen) atoms. The lowest BCUT2D eigenvalue weighted by atomic mass is 10.0. The second-order valence-corrected chi connectivity index (χ2v) is 2.84. The van der Waals surface area contributed by atoms with Gasteiger partial charge in [0, 0.05) is 0 Å². The van der Waals surface area contributed by atoms with Crippen LogP contribution in [0.4, 0.5) is 18.9 Å². The fraction of sp³-hybridized carbons (Fsp3) is 0.100. The molecule has 2 N–H and O–H groups in total. The van der Waals surface area contributed by atoms with Crippen molar-refractivity contribution in [2.75, 3.05) is 5.73 Å². The summed E-state index contributed by atoms with van der Waals surface area (Å²) in [6, 6.07) is 3.74. The van der Waals surface area contributed by atoms with Crippen molar-refractivity contribution in [1.29, 1.82) is 5.26 Å². The Bertz CT molecular complexity index is 441. The van der Waals surface area contributed by atoms with Gasteiger partial charge in [0.1, 0.15) is 6.07 Å². The minimum Gasteiger partial charge on any atom is -0.397 e. The molecule has 1 aromatic rings. The van der Waals surface area contributed by atoms with Gasteiger partial charge < -0.3 is 5.73 Å². The molecule has 0 fully saturated rings. The lowest BCUT2D eigenvalue weighted by Crippen LogP contribution is -2.10. The number of alkyl halides is 3. The van der Waals surface area contributed by atoms with Crippen molar-refractivity contribution in [3.05, 3.63) is 35.4 Å². The van der Waals surface area contributed by atoms with E-state index in [1.165, 1.54) is 12.1 Å². The number of rotatable bonds is 1. The van der Waals surface area contributed by atoms with Gasteiger partial charge in [-0.1, -0.05) is 12.7 Å². The molecule has 1 aromatic carbocycles. The Labute approximate surface area is 84.4 Å². The van der Waals surface area contributed by atoms with Crippen molar-refractivity contribution in [3.8, 4) is 6.07 Å². The van der Waals surface area contributed by atoms with Gasteiger partial charge in [-0.3, -0.25) is 0 Å². The van der Waals surface area contributed by atoms with Gasteiger partial charge in [-0.2, -0.15) is 18.4 Å². The number of hydrogen-bond acceptors (Lipinski definition) is 2. The number of nitriles is 1. The second-order valence-electron chi connectivity index (χ2n) is 2.84. The summed E-state index contributed by atoms with van der Waals surface area (Å²) in [6.45, 7) is 3.34. The van der Waals surface area contributed by atoms with Gasteiger partial charge in [0.15, 0.2) is 0 Å². The maximum atomic E-state index is 12.5. The summed E-state index contributed by atoms with van der Waals surface area (Å²) in [4.78, 5) is 0. The van der Waals surface area contributed by atoms with Gasteiger partial charge in [0.25, 0.3) is 0 Å². The molecule has 2 nitrogen and oxygen atoms in total. The first-order chi connectivity index (χ1) is 6.90. The molecule has 78 valence electrons. The van der Waals surface area contributed by atoms with Gasteiger partial charge in [-0.15, -0.1) is 0 Å². The highest BCUT2D eigenvalue weighted by Crippen LogP contribution is 2.35. The molecule has 0 amide bonds. The van der Waals surface area contributed by atoms with E-state index in [9.17, 15) is 13.2 Å². The molecule has 0 atom stereocenters. The zero-order valence-electron chi connectivity index (χ0n) is 7.60. The number of hydrogen-bond donors (Lipinski definition) is 1. The first kappa shape index (κ1) is 11.1. The normalized spacial score (nSPS) is 10.8. The van der Waals surface area contributed by atoms with E-state index in [1.54, 1.807) is 6.07 Å². The van der Waals surface area contributed by atoms with Crippen LogP contribution in [0.1, 0.15) is 16.7 Å². The zero-order valence-corrected chi connectivity index (χ0v) is 7.60. The van der Waals surface area contributed by atoms with Gasteiger partial charge >= 0.3 is 6.18 Å². The molecule has 1 rings (SSSR count). The first-order valence-electron chi connectivity index (χ1n) is 3.93. The lowest BCUT2D eigenvalue weighted by Gasteiger charge is -2.11. The highest BCUT2D eigenvalue weighted by Gasteiger charge is 2.34. The van der Waals surface area contributed by atoms with Crippen molar-refractivity contribution in [3.63, 3.8) is 0 Å². The van der Waals surface area contributed by atoms with Crippen LogP contribution in [0.2, 0.25) is 0 Å². The summed E-state index contributed by atoms with van der Waals surface area (Å²) >= 11 is 0. The highest BCUT2D eigenvalue weighted by molar-refractivity contribution is 5.66. The molecule has 0 unspecified atom stereocenters. The van der Waals surface area contributed by atoms with Gasteiger partial charge in [-0.05, 0) is 17.7 Å². The van der Waals surface area contributed by atoms with E-state index in [2.05, 4.69) is 6.58 Å². The van der Waals surface area contributed by atoms with E-state index in [4.69, 9.17) is 11.0 Å². The number of anilines is 1. The Morgan fingerprint density at radius 3 is 2.40 bits per heavy atom. The van der Waals surface area contributed by atoms with Crippen LogP contribution >= 0.6 is 0 Å². The average molecular weight is 212 g/mol. The van der Waals surface area contributed by atoms with Crippen LogP contribution in [-0.2, 0) is 6.18 Å². The third-order valence-corrected chi connectivity index (χ3v) is 1.86. The van der Waals surface area contributed by atoms with E-state index >= 15 is 0 Å². The van der Waals surface area contributed by atoms with Crippen molar-refractivity contribution in [1.82, 2.24) is 0 Å². The molecule has 0 heterocycles. The Morgan fingerprint density at radius 1 is 1.40 bits per heavy atom. The number of halogens is 3. The molecule has 0 aromatic heterocycles. The fourth-order valence-electron chi connectivity index (χ4n) is 1.12. The Morgan fingerprint density at radius 2 is 2.00 bits per heavy atom. The summed E-state index contributed by atoms with van der Waals surface area (Å²) in [7, 11) is 0. The molecule has 0 aliphatic rings. The predicted octanol–water partition coefficient (Wildman–Crippen LogP) is 2.80. The number of nitrogens with two attached hydrogens (primary N) is 1. The summed E-state index contributed by atoms with van der Waals surface area (Å²) in [5.41, 5.74) is 3.70. The van der Waals surface area contributed by atoms with Crippen molar-refractivity contribution in [2.24, 2.45) is 0 Å². The van der Waals surface area contributed by atoms with E-state index in [0.29, 0.717) is 0 Å². The van der Waals surface area contributed by atoms with E-state index in [-0.39, 0.29) is 11.1 Å². The smallest absolute Gasteiger partial charge is 0.397 e. The molecule has 5 heteroatoms. The van der Waals surface area contributed by atoms with Crippen molar-refractivity contribution >= 4 is 11.8 Å². The summed E-state index contributed by atoms with van der Waals surface area (Å²) < 4.78 is 37.4. The third kappa shape index (κ3) is 2.10. The zero-order chi connectivity index (χ0) is 11.6. The molecule has 0 aliphatic heterocycles. The molecule has 0 spiro atoms. The van der Waals surface area contributed by atoms with E-state index in [0.717, 1.165) is 6.07 Å². The Kier molecular flexibility index (Phi) is 2.71. The third-order valence-electron chi connectivity index (χ3n) is 1.86. The SMILES string of the molecule is C=Cc1cc(C#N)c(N)c(C(F)(F)F)c1. The Hall–Kier alpha value is -1.96. The van der Waals surface area contributed by atoms with Crippen LogP contribution < -0.4 is 5.73 Å². The minimum atomic E-state index is -4.56. The van der Waals surface area contributed by atoms with Gasteiger partial charge in [0.05, 0.1) is 16.8 Å². The topological polar surface area (TPSA) is 49.8 Å². The number of benzene rings is 1. The predicted molar refractivity (Wildman–Crippen MR) is 50.7 cm³/mol. The van der Waals surface area contributed by atoms with Crippen LogP contribution in [0.25, 0.3) is 6.08 Å². The summed E-state index contributed by atoms with van der Waals surface area (Å²) in [6.07, 6.45) is -3.33. The van der Waals surface area contributed by atoms with Crippen LogP contribution in [0.15, 0.2) is 18.7 Å². The second kappa shape index (κ2) is 3.65. The van der Waals surface area contributed by atoms with Crippen LogP contribution in [0.5, 0.6) is 0 Å². The molecule has 0 saturated heterocycles. The van der Waals surface area contributed by atoms with Crippen molar-refractivity contribution < 1.29 is 13.2 Å². The lowest BCUT2D eigenvalue weighted by molar-refractivity contribution is -0.136. The maximum absolute atomic E-state index is 12.5. The molecule has 0 bridgehead atoms. The fourth-order valence-corrected chi connectivity index (χ4v) is 1.12.